The number of benzene rings is 1. The van der Waals surface area contributed by atoms with Gasteiger partial charge in [-0.2, -0.15) is 0 Å². The quantitative estimate of drug-likeness (QED) is 0.597. The lowest BCUT2D eigenvalue weighted by atomic mass is 10.1. The summed E-state index contributed by atoms with van der Waals surface area (Å²) < 4.78 is 0. The van der Waals surface area contributed by atoms with Crippen molar-refractivity contribution >= 4 is 17.6 Å². The maximum Gasteiger partial charge on any atom is 0.303 e. The van der Waals surface area contributed by atoms with Crippen molar-refractivity contribution < 1.29 is 19.8 Å². The highest BCUT2D eigenvalue weighted by atomic mass is 16.4. The van der Waals surface area contributed by atoms with Gasteiger partial charge in [-0.25, -0.2) is 0 Å². The summed E-state index contributed by atoms with van der Waals surface area (Å²) in [6, 6.07) is 2.32. The van der Waals surface area contributed by atoms with Crippen LogP contribution in [0.4, 0.5) is 5.69 Å². The molecule has 104 valence electrons. The third-order valence-electron chi connectivity index (χ3n) is 2.81. The second-order valence-electron chi connectivity index (χ2n) is 4.48. The summed E-state index contributed by atoms with van der Waals surface area (Å²) in [6.07, 6.45) is -0.0700. The fraction of sp³-hybridized carbons (Fsp3) is 0.385. The fourth-order valence-corrected chi connectivity index (χ4v) is 1.57. The number of hydrogen-bond donors (Lipinski definition) is 4. The SMILES string of the molecule is Cc1cc(NC(=O)C(N)CCC(=O)O)c(C)cc1O. The van der Waals surface area contributed by atoms with Crippen molar-refractivity contribution in [3.8, 4) is 5.75 Å². The lowest BCUT2D eigenvalue weighted by Crippen LogP contribution is -2.36. The van der Waals surface area contributed by atoms with Crippen molar-refractivity contribution in [1.29, 1.82) is 0 Å². The molecule has 6 nitrogen and oxygen atoms in total. The molecular formula is C13H18N2O4. The number of phenols is 1. The highest BCUT2D eigenvalue weighted by molar-refractivity contribution is 5.95. The predicted molar refractivity (Wildman–Crippen MR) is 71.1 cm³/mol. The molecule has 1 atom stereocenters. The van der Waals surface area contributed by atoms with Crippen LogP contribution in [-0.4, -0.2) is 28.1 Å². The first-order valence-corrected chi connectivity index (χ1v) is 5.89. The number of aromatic hydroxyl groups is 1. The molecule has 1 aromatic rings. The van der Waals surface area contributed by atoms with Crippen molar-refractivity contribution in [2.75, 3.05) is 5.32 Å². The zero-order valence-electron chi connectivity index (χ0n) is 10.9. The number of carboxylic acid groups (broad SMARTS) is 1. The van der Waals surface area contributed by atoms with E-state index in [1.54, 1.807) is 26.0 Å². The summed E-state index contributed by atoms with van der Waals surface area (Å²) >= 11 is 0. The number of hydrogen-bond acceptors (Lipinski definition) is 4. The maximum absolute atomic E-state index is 11.8. The molecule has 19 heavy (non-hydrogen) atoms. The normalized spacial score (nSPS) is 11.9. The molecule has 0 radical (unpaired) electrons. The first kappa shape index (κ1) is 15.0. The molecule has 0 bridgehead atoms. The number of carbonyl (C=O) groups is 2. The predicted octanol–water partition coefficient (Wildman–Crippen LogP) is 1.14. The molecule has 0 aromatic heterocycles. The van der Waals surface area contributed by atoms with Crippen LogP contribution in [0.1, 0.15) is 24.0 Å². The van der Waals surface area contributed by atoms with E-state index in [1.807, 2.05) is 0 Å². The number of anilines is 1. The number of phenolic OH excluding ortho intramolecular Hbond substituents is 1. The third kappa shape index (κ3) is 4.26. The van der Waals surface area contributed by atoms with Gasteiger partial charge in [0.05, 0.1) is 6.04 Å². The van der Waals surface area contributed by atoms with E-state index in [2.05, 4.69) is 5.32 Å². The Labute approximate surface area is 111 Å². The van der Waals surface area contributed by atoms with Gasteiger partial charge in [-0.05, 0) is 43.5 Å². The number of aliphatic carboxylic acids is 1. The lowest BCUT2D eigenvalue weighted by molar-refractivity contribution is -0.137. The molecule has 0 spiro atoms. The average molecular weight is 266 g/mol. The molecule has 0 fully saturated rings. The Balaban J connectivity index is 2.71. The number of nitrogens with two attached hydrogens (primary N) is 1. The molecule has 0 saturated carbocycles. The van der Waals surface area contributed by atoms with E-state index in [1.165, 1.54) is 0 Å². The number of carboxylic acids is 1. The molecule has 0 saturated heterocycles. The number of nitrogens with one attached hydrogen (secondary N) is 1. The minimum Gasteiger partial charge on any atom is -0.508 e. The molecule has 0 heterocycles. The largest absolute Gasteiger partial charge is 0.508 e. The topological polar surface area (TPSA) is 113 Å². The Hall–Kier alpha value is -2.08. The average Bonchev–Trinajstić information content (AvgIpc) is 2.32. The minimum atomic E-state index is -0.986. The number of rotatable bonds is 5. The van der Waals surface area contributed by atoms with Gasteiger partial charge in [-0.3, -0.25) is 9.59 Å². The van der Waals surface area contributed by atoms with Gasteiger partial charge < -0.3 is 21.3 Å². The first-order chi connectivity index (χ1) is 8.81. The van der Waals surface area contributed by atoms with Crippen molar-refractivity contribution in [3.05, 3.63) is 23.3 Å². The van der Waals surface area contributed by atoms with Gasteiger partial charge in [-0.15, -0.1) is 0 Å². The van der Waals surface area contributed by atoms with Crippen molar-refractivity contribution in [2.24, 2.45) is 5.73 Å². The van der Waals surface area contributed by atoms with Crippen LogP contribution < -0.4 is 11.1 Å². The summed E-state index contributed by atoms with van der Waals surface area (Å²) in [5.74, 6) is -1.26. The van der Waals surface area contributed by atoms with Crippen LogP contribution in [-0.2, 0) is 9.59 Å². The minimum absolute atomic E-state index is 0.0806. The molecule has 1 aromatic carbocycles. The Morgan fingerprint density at radius 2 is 1.95 bits per heavy atom. The van der Waals surface area contributed by atoms with Crippen molar-refractivity contribution in [3.63, 3.8) is 0 Å². The molecule has 0 aliphatic rings. The van der Waals surface area contributed by atoms with Crippen LogP contribution in [0, 0.1) is 13.8 Å². The Kier molecular flexibility index (Phi) is 4.88. The Morgan fingerprint density at radius 3 is 2.53 bits per heavy atom. The zero-order valence-corrected chi connectivity index (χ0v) is 10.9. The van der Waals surface area contributed by atoms with E-state index in [0.717, 1.165) is 0 Å². The Bertz CT molecular complexity index is 500. The van der Waals surface area contributed by atoms with Gasteiger partial charge >= 0.3 is 5.97 Å². The monoisotopic (exact) mass is 266 g/mol. The van der Waals surface area contributed by atoms with E-state index in [0.29, 0.717) is 16.8 Å². The lowest BCUT2D eigenvalue weighted by Gasteiger charge is -2.14. The third-order valence-corrected chi connectivity index (χ3v) is 2.81. The first-order valence-electron chi connectivity index (χ1n) is 5.89. The molecule has 5 N–H and O–H groups in total. The van der Waals surface area contributed by atoms with Crippen LogP contribution in [0.3, 0.4) is 0 Å². The smallest absolute Gasteiger partial charge is 0.303 e. The standard InChI is InChI=1S/C13H18N2O4/c1-7-6-11(16)8(2)5-10(7)15-13(19)9(14)3-4-12(17)18/h5-6,9,16H,3-4,14H2,1-2H3,(H,15,19)(H,17,18). The molecule has 6 heteroatoms. The molecule has 0 aliphatic carbocycles. The fourth-order valence-electron chi connectivity index (χ4n) is 1.57. The number of amides is 1. The summed E-state index contributed by atoms with van der Waals surface area (Å²) in [5.41, 5.74) is 7.52. The second-order valence-corrected chi connectivity index (χ2v) is 4.48. The van der Waals surface area contributed by atoms with E-state index in [-0.39, 0.29) is 18.6 Å². The van der Waals surface area contributed by atoms with Crippen LogP contribution in [0.15, 0.2) is 12.1 Å². The van der Waals surface area contributed by atoms with E-state index < -0.39 is 17.9 Å². The number of aryl methyl sites for hydroxylation is 2. The van der Waals surface area contributed by atoms with Gasteiger partial charge in [0.25, 0.3) is 0 Å². The molecule has 1 amide bonds. The van der Waals surface area contributed by atoms with Gasteiger partial charge in [0.2, 0.25) is 5.91 Å². The van der Waals surface area contributed by atoms with E-state index in [4.69, 9.17) is 10.8 Å². The molecular weight excluding hydrogens is 248 g/mol. The summed E-state index contributed by atoms with van der Waals surface area (Å²) in [5, 5.41) is 20.7. The summed E-state index contributed by atoms with van der Waals surface area (Å²) in [4.78, 5) is 22.2. The number of carbonyl (C=O) groups excluding carboxylic acids is 1. The van der Waals surface area contributed by atoms with Gasteiger partial charge in [0.1, 0.15) is 5.75 Å². The van der Waals surface area contributed by atoms with Crippen LogP contribution in [0.5, 0.6) is 5.75 Å². The van der Waals surface area contributed by atoms with E-state index >= 15 is 0 Å². The van der Waals surface area contributed by atoms with Gasteiger partial charge in [0.15, 0.2) is 0 Å². The molecule has 0 aliphatic heterocycles. The van der Waals surface area contributed by atoms with Gasteiger partial charge in [0, 0.05) is 12.1 Å². The highest BCUT2D eigenvalue weighted by Crippen LogP contribution is 2.25. The molecule has 1 rings (SSSR count). The summed E-state index contributed by atoms with van der Waals surface area (Å²) in [7, 11) is 0. The maximum atomic E-state index is 11.8. The highest BCUT2D eigenvalue weighted by Gasteiger charge is 2.16. The molecule has 1 unspecified atom stereocenters. The van der Waals surface area contributed by atoms with Crippen LogP contribution >= 0.6 is 0 Å². The van der Waals surface area contributed by atoms with Crippen molar-refractivity contribution in [1.82, 2.24) is 0 Å². The Morgan fingerprint density at radius 1 is 1.32 bits per heavy atom. The zero-order chi connectivity index (χ0) is 14.6. The second kappa shape index (κ2) is 6.19. The van der Waals surface area contributed by atoms with E-state index in [9.17, 15) is 14.7 Å². The van der Waals surface area contributed by atoms with Gasteiger partial charge in [-0.1, -0.05) is 0 Å². The van der Waals surface area contributed by atoms with Crippen LogP contribution in [0.25, 0.3) is 0 Å². The van der Waals surface area contributed by atoms with Crippen LogP contribution in [0.2, 0.25) is 0 Å². The van der Waals surface area contributed by atoms with Crippen molar-refractivity contribution in [2.45, 2.75) is 32.7 Å². The summed E-state index contributed by atoms with van der Waals surface area (Å²) in [6.45, 7) is 3.46.